The Bertz CT molecular complexity index is 1530. The van der Waals surface area contributed by atoms with Crippen molar-refractivity contribution in [1.29, 1.82) is 0 Å². The summed E-state index contributed by atoms with van der Waals surface area (Å²) < 4.78 is 56.7. The zero-order valence-electron chi connectivity index (χ0n) is 29.7. The predicted molar refractivity (Wildman–Crippen MR) is 169 cm³/mol. The summed E-state index contributed by atoms with van der Waals surface area (Å²) in [7, 11) is 0. The van der Waals surface area contributed by atoms with Crippen molar-refractivity contribution in [2.45, 2.75) is 110 Å². The van der Waals surface area contributed by atoms with E-state index in [0.717, 1.165) is 60.6 Å². The highest BCUT2D eigenvalue weighted by Crippen LogP contribution is 2.35. The SMILES string of the molecule is CC(=O)NC1C(Oc2ccc([N+](=O)[O-])cc2)OC(COC(C)=O)C(OC2OC(COC(C)=O)C(OC(C)=O)C(OC(C)=O)C2OC(C)=O)C1OC(C)=O. The van der Waals surface area contributed by atoms with Crippen molar-refractivity contribution in [3.63, 3.8) is 0 Å². The van der Waals surface area contributed by atoms with Gasteiger partial charge in [0.05, 0.1) is 4.92 Å². The van der Waals surface area contributed by atoms with Crippen molar-refractivity contribution >= 4 is 47.4 Å². The fourth-order valence-electron chi connectivity index (χ4n) is 5.46. The predicted octanol–water partition coefficient (Wildman–Crippen LogP) is 0.166. The number of benzene rings is 1. The van der Waals surface area contributed by atoms with E-state index in [4.69, 9.17) is 47.4 Å². The average Bonchev–Trinajstić information content (AvgIpc) is 3.03. The highest BCUT2D eigenvalue weighted by molar-refractivity contribution is 5.73. The molecule has 0 spiro atoms. The zero-order valence-corrected chi connectivity index (χ0v) is 29.7. The van der Waals surface area contributed by atoms with Crippen LogP contribution in [0.5, 0.6) is 5.75 Å². The van der Waals surface area contributed by atoms with Gasteiger partial charge in [-0.3, -0.25) is 43.7 Å². The zero-order chi connectivity index (χ0) is 39.6. The number of carbonyl (C=O) groups is 7. The molecule has 2 fully saturated rings. The van der Waals surface area contributed by atoms with Crippen LogP contribution < -0.4 is 10.1 Å². The standard InChI is InChI=1S/C32H40N2O19/c1-14(35)33-25-28(47-18(5)39)26(23(12-44-15(2)36)51-31(25)50-22-10-8-21(9-11-22)34(42)43)53-32-30(49-20(7)41)29(48-19(6)40)27(46-17(4)38)24(52-32)13-45-16(3)37/h8-11,23-32H,12-13H2,1-7H3,(H,33,35). The number of hydrogen-bond acceptors (Lipinski definition) is 19. The van der Waals surface area contributed by atoms with E-state index in [-0.39, 0.29) is 11.4 Å². The summed E-state index contributed by atoms with van der Waals surface area (Å²) in [6, 6.07) is 3.35. The van der Waals surface area contributed by atoms with E-state index in [0.29, 0.717) is 0 Å². The van der Waals surface area contributed by atoms with E-state index in [9.17, 15) is 43.7 Å². The molecular weight excluding hydrogens is 716 g/mol. The van der Waals surface area contributed by atoms with Gasteiger partial charge in [0, 0.05) is 60.6 Å². The molecule has 2 heterocycles. The van der Waals surface area contributed by atoms with Crippen LogP contribution in [0.4, 0.5) is 5.69 Å². The van der Waals surface area contributed by atoms with Gasteiger partial charge >= 0.3 is 35.8 Å². The molecule has 1 aromatic carbocycles. The minimum atomic E-state index is -1.83. The minimum absolute atomic E-state index is 0.0164. The first-order valence-electron chi connectivity index (χ1n) is 16.0. The maximum Gasteiger partial charge on any atom is 0.303 e. The van der Waals surface area contributed by atoms with Crippen molar-refractivity contribution in [2.75, 3.05) is 13.2 Å². The lowest BCUT2D eigenvalue weighted by atomic mass is 9.94. The summed E-state index contributed by atoms with van der Waals surface area (Å²) in [5.41, 5.74) is -0.260. The normalized spacial score (nSPS) is 27.9. The Morgan fingerprint density at radius 3 is 1.55 bits per heavy atom. The number of nitro benzene ring substituents is 1. The fraction of sp³-hybridized carbons (Fsp3) is 0.594. The van der Waals surface area contributed by atoms with Gasteiger partial charge in [-0.2, -0.15) is 0 Å². The Kier molecular flexibility index (Phi) is 15.0. The molecule has 3 rings (SSSR count). The van der Waals surface area contributed by atoms with Crippen LogP contribution in [-0.4, -0.2) is 121 Å². The second-order valence-electron chi connectivity index (χ2n) is 11.7. The number of ether oxygens (including phenoxy) is 10. The van der Waals surface area contributed by atoms with Gasteiger partial charge in [0.1, 0.15) is 43.3 Å². The summed E-state index contributed by atoms with van der Waals surface area (Å²) >= 11 is 0. The fourth-order valence-corrected chi connectivity index (χ4v) is 5.46. The largest absolute Gasteiger partial charge is 0.463 e. The van der Waals surface area contributed by atoms with E-state index >= 15 is 0 Å². The Hall–Kier alpha value is -5.41. The van der Waals surface area contributed by atoms with Crippen molar-refractivity contribution in [3.8, 4) is 5.75 Å². The number of esters is 6. The first kappa shape index (κ1) is 42.0. The Morgan fingerprint density at radius 1 is 0.623 bits per heavy atom. The highest BCUT2D eigenvalue weighted by Gasteiger charge is 2.57. The second-order valence-corrected chi connectivity index (χ2v) is 11.7. The molecule has 0 saturated carbocycles. The van der Waals surface area contributed by atoms with Crippen LogP contribution in [0, 0.1) is 10.1 Å². The molecular formula is C32H40N2O19. The van der Waals surface area contributed by atoms with Crippen LogP contribution in [0.1, 0.15) is 48.5 Å². The van der Waals surface area contributed by atoms with Gasteiger partial charge < -0.3 is 52.7 Å². The molecule has 1 aromatic rings. The maximum atomic E-state index is 12.6. The van der Waals surface area contributed by atoms with Gasteiger partial charge in [0.15, 0.2) is 30.7 Å². The van der Waals surface area contributed by atoms with Crippen molar-refractivity contribution in [3.05, 3.63) is 34.4 Å². The molecule has 0 bridgehead atoms. The first-order chi connectivity index (χ1) is 24.9. The molecule has 21 heteroatoms. The summed E-state index contributed by atoms with van der Waals surface area (Å²) in [6.45, 7) is 6.22. The number of amides is 1. The molecule has 10 unspecified atom stereocenters. The van der Waals surface area contributed by atoms with Crippen LogP contribution in [0.3, 0.4) is 0 Å². The lowest BCUT2D eigenvalue weighted by Crippen LogP contribution is -2.69. The smallest absolute Gasteiger partial charge is 0.303 e. The number of nitro groups is 1. The van der Waals surface area contributed by atoms with Gasteiger partial charge in [-0.25, -0.2) is 0 Å². The number of non-ortho nitro benzene ring substituents is 1. The van der Waals surface area contributed by atoms with Crippen LogP contribution in [0.2, 0.25) is 0 Å². The maximum absolute atomic E-state index is 12.6. The number of rotatable bonds is 14. The van der Waals surface area contributed by atoms with Crippen LogP contribution in [0.15, 0.2) is 24.3 Å². The topological polar surface area (TPSA) is 267 Å². The third-order valence-corrected chi connectivity index (χ3v) is 7.31. The Labute approximate surface area is 301 Å². The van der Waals surface area contributed by atoms with Crippen molar-refractivity contribution in [2.24, 2.45) is 0 Å². The lowest BCUT2D eigenvalue weighted by molar-refractivity contribution is -0.384. The molecule has 21 nitrogen and oxygen atoms in total. The lowest BCUT2D eigenvalue weighted by Gasteiger charge is -2.49. The summed E-state index contributed by atoms with van der Waals surface area (Å²) in [4.78, 5) is 96.2. The Balaban J connectivity index is 2.16. The van der Waals surface area contributed by atoms with E-state index in [1.54, 1.807) is 0 Å². The van der Waals surface area contributed by atoms with E-state index < -0.39 is 121 Å². The Morgan fingerprint density at radius 2 is 1.08 bits per heavy atom. The molecule has 10 atom stereocenters. The molecule has 292 valence electrons. The van der Waals surface area contributed by atoms with E-state index in [1.165, 1.54) is 12.1 Å². The van der Waals surface area contributed by atoms with Gasteiger partial charge in [-0.05, 0) is 12.1 Å². The average molecular weight is 757 g/mol. The van der Waals surface area contributed by atoms with E-state index in [2.05, 4.69) is 5.32 Å². The second kappa shape index (κ2) is 18.9. The van der Waals surface area contributed by atoms with Gasteiger partial charge in [0.25, 0.3) is 5.69 Å². The molecule has 2 saturated heterocycles. The quantitative estimate of drug-likeness (QED) is 0.115. The molecule has 0 aliphatic carbocycles. The molecule has 53 heavy (non-hydrogen) atoms. The molecule has 2 aliphatic rings. The monoisotopic (exact) mass is 756 g/mol. The first-order valence-corrected chi connectivity index (χ1v) is 16.0. The number of hydrogen-bond donors (Lipinski definition) is 1. The summed E-state index contributed by atoms with van der Waals surface area (Å²) in [5.74, 6) is -5.83. The van der Waals surface area contributed by atoms with Crippen LogP contribution in [-0.2, 0) is 76.2 Å². The molecule has 0 aromatic heterocycles. The van der Waals surface area contributed by atoms with Crippen molar-refractivity contribution in [1.82, 2.24) is 5.32 Å². The molecule has 1 amide bonds. The van der Waals surface area contributed by atoms with Gasteiger partial charge in [-0.15, -0.1) is 0 Å². The van der Waals surface area contributed by atoms with Crippen molar-refractivity contribution < 1.29 is 85.9 Å². The van der Waals surface area contributed by atoms with Gasteiger partial charge in [-0.1, -0.05) is 0 Å². The highest BCUT2D eigenvalue weighted by atomic mass is 16.8. The number of nitrogens with zero attached hydrogens (tertiary/aromatic N) is 1. The molecule has 0 radical (unpaired) electrons. The van der Waals surface area contributed by atoms with Crippen LogP contribution >= 0.6 is 0 Å². The number of carbonyl (C=O) groups excluding carboxylic acids is 7. The number of nitrogens with one attached hydrogen (secondary N) is 1. The van der Waals surface area contributed by atoms with E-state index in [1.807, 2.05) is 0 Å². The summed E-state index contributed by atoms with van der Waals surface area (Å²) in [5, 5.41) is 13.7. The third-order valence-electron chi connectivity index (χ3n) is 7.31. The van der Waals surface area contributed by atoms with Crippen LogP contribution in [0.25, 0.3) is 0 Å². The molecule has 1 N–H and O–H groups in total. The molecule has 2 aliphatic heterocycles. The van der Waals surface area contributed by atoms with Gasteiger partial charge in [0.2, 0.25) is 12.2 Å². The summed E-state index contributed by atoms with van der Waals surface area (Å²) in [6.07, 6.45) is -14.3. The minimum Gasteiger partial charge on any atom is -0.463 e. The third kappa shape index (κ3) is 12.4.